The van der Waals surface area contributed by atoms with Gasteiger partial charge in [0.15, 0.2) is 5.82 Å². The number of aryl methyl sites for hydroxylation is 1. The molecule has 30 heavy (non-hydrogen) atoms. The van der Waals surface area contributed by atoms with Crippen LogP contribution in [-0.2, 0) is 0 Å². The van der Waals surface area contributed by atoms with Gasteiger partial charge in [0.05, 0.1) is 12.7 Å². The first kappa shape index (κ1) is 20.2. The number of rotatable bonds is 7. The molecule has 1 atom stereocenters. The third kappa shape index (κ3) is 3.84. The Hall–Kier alpha value is -3.09. The molecule has 2 aromatic heterocycles. The van der Waals surface area contributed by atoms with Crippen molar-refractivity contribution >= 4 is 5.91 Å². The van der Waals surface area contributed by atoms with Crippen LogP contribution in [0.4, 0.5) is 0 Å². The van der Waals surface area contributed by atoms with E-state index in [-0.39, 0.29) is 17.9 Å². The van der Waals surface area contributed by atoms with E-state index in [1.165, 1.54) is 0 Å². The highest BCUT2D eigenvalue weighted by atomic mass is 16.5. The summed E-state index contributed by atoms with van der Waals surface area (Å²) in [6.07, 6.45) is 2.21. The average molecular weight is 409 g/mol. The third-order valence-electron chi connectivity index (χ3n) is 5.63. The number of carbonyl (C=O) groups excluding carboxylic acids is 1. The zero-order valence-electron chi connectivity index (χ0n) is 18.1. The molecule has 0 saturated heterocycles. The van der Waals surface area contributed by atoms with E-state index in [2.05, 4.69) is 20.0 Å². The second-order valence-electron chi connectivity index (χ2n) is 8.28. The number of amides is 1. The van der Waals surface area contributed by atoms with Gasteiger partial charge in [-0.05, 0) is 62.9 Å². The van der Waals surface area contributed by atoms with Crippen molar-refractivity contribution in [3.63, 3.8) is 0 Å². The average Bonchev–Trinajstić information content (AvgIpc) is 3.39. The van der Waals surface area contributed by atoms with E-state index in [1.807, 2.05) is 58.0 Å². The first-order valence-corrected chi connectivity index (χ1v) is 10.4. The van der Waals surface area contributed by atoms with Crippen LogP contribution in [0.15, 0.2) is 34.9 Å². The van der Waals surface area contributed by atoms with Crippen molar-refractivity contribution in [2.75, 3.05) is 7.11 Å². The molecule has 0 spiro atoms. The van der Waals surface area contributed by atoms with E-state index in [1.54, 1.807) is 7.11 Å². The minimum absolute atomic E-state index is 0.117. The summed E-state index contributed by atoms with van der Waals surface area (Å²) in [4.78, 5) is 17.7. The fraction of sp³-hybridized carbons (Fsp3) is 0.435. The molecule has 1 aliphatic rings. The Morgan fingerprint density at radius 2 is 1.93 bits per heavy atom. The second kappa shape index (κ2) is 7.97. The number of nitrogens with one attached hydrogen (secondary N) is 1. The highest BCUT2D eigenvalue weighted by Crippen LogP contribution is 2.38. The molecule has 1 amide bonds. The summed E-state index contributed by atoms with van der Waals surface area (Å²) in [5, 5.41) is 7.20. The number of aromatic nitrogens is 3. The van der Waals surface area contributed by atoms with Crippen LogP contribution in [0.25, 0.3) is 5.69 Å². The van der Waals surface area contributed by atoms with Crippen LogP contribution in [0.5, 0.6) is 5.75 Å². The van der Waals surface area contributed by atoms with Crippen LogP contribution in [-0.4, -0.2) is 27.7 Å². The molecular formula is C23H28N4O3. The molecule has 0 radical (unpaired) electrons. The maximum Gasteiger partial charge on any atom is 0.253 e. The Morgan fingerprint density at radius 1 is 1.23 bits per heavy atom. The SMILES string of the molecule is COc1ccc(-n2c(C)cc(C(=O)NC(c3nc(C4CC4)no3)C(C)C)c2C)cc1. The Bertz CT molecular complexity index is 1050. The molecule has 1 fully saturated rings. The van der Waals surface area contributed by atoms with E-state index in [4.69, 9.17) is 9.26 Å². The van der Waals surface area contributed by atoms with E-state index in [0.29, 0.717) is 17.4 Å². The van der Waals surface area contributed by atoms with E-state index >= 15 is 0 Å². The van der Waals surface area contributed by atoms with Gasteiger partial charge >= 0.3 is 0 Å². The van der Waals surface area contributed by atoms with Crippen LogP contribution >= 0.6 is 0 Å². The van der Waals surface area contributed by atoms with Crippen LogP contribution in [0.2, 0.25) is 0 Å². The quantitative estimate of drug-likeness (QED) is 0.623. The number of hydrogen-bond acceptors (Lipinski definition) is 5. The van der Waals surface area contributed by atoms with E-state index in [9.17, 15) is 4.79 Å². The molecule has 1 unspecified atom stereocenters. The minimum atomic E-state index is -0.332. The van der Waals surface area contributed by atoms with E-state index < -0.39 is 0 Å². The molecule has 0 bridgehead atoms. The van der Waals surface area contributed by atoms with Crippen LogP contribution in [0.1, 0.15) is 72.1 Å². The normalized spacial score (nSPS) is 14.7. The summed E-state index contributed by atoms with van der Waals surface area (Å²) in [5.74, 6) is 2.41. The standard InChI is InChI=1S/C23H28N4O3/c1-13(2)20(23-25-21(26-30-23)16-6-7-16)24-22(28)19-12-14(3)27(15(19)4)17-8-10-18(29-5)11-9-17/h8-13,16,20H,6-7H2,1-5H3,(H,24,28). The van der Waals surface area contributed by atoms with Gasteiger partial charge in [0.2, 0.25) is 5.89 Å². The topological polar surface area (TPSA) is 82.2 Å². The van der Waals surface area contributed by atoms with Gasteiger partial charge in [-0.1, -0.05) is 19.0 Å². The summed E-state index contributed by atoms with van der Waals surface area (Å²) in [6, 6.07) is 9.37. The molecule has 1 aliphatic carbocycles. The summed E-state index contributed by atoms with van der Waals surface area (Å²) < 4.78 is 12.8. The number of hydrogen-bond donors (Lipinski definition) is 1. The number of methoxy groups -OCH3 is 1. The predicted molar refractivity (Wildman–Crippen MR) is 113 cm³/mol. The third-order valence-corrected chi connectivity index (χ3v) is 5.63. The molecule has 7 nitrogen and oxygen atoms in total. The molecule has 2 heterocycles. The van der Waals surface area contributed by atoms with Gasteiger partial charge in [-0.25, -0.2) is 0 Å². The summed E-state index contributed by atoms with van der Waals surface area (Å²) in [5.41, 5.74) is 3.48. The molecule has 1 N–H and O–H groups in total. The Labute approximate surface area is 176 Å². The van der Waals surface area contributed by atoms with Gasteiger partial charge in [0.25, 0.3) is 5.91 Å². The lowest BCUT2D eigenvalue weighted by molar-refractivity contribution is 0.0913. The minimum Gasteiger partial charge on any atom is -0.497 e. The molecule has 1 saturated carbocycles. The zero-order chi connectivity index (χ0) is 21.4. The Morgan fingerprint density at radius 3 is 2.53 bits per heavy atom. The zero-order valence-corrected chi connectivity index (χ0v) is 18.1. The molecule has 3 aromatic rings. The predicted octanol–water partition coefficient (Wildman–Crippen LogP) is 4.49. The molecule has 4 rings (SSSR count). The largest absolute Gasteiger partial charge is 0.497 e. The van der Waals surface area contributed by atoms with Crippen LogP contribution in [0, 0.1) is 19.8 Å². The summed E-state index contributed by atoms with van der Waals surface area (Å²) in [6.45, 7) is 8.02. The van der Waals surface area contributed by atoms with Gasteiger partial charge in [-0.15, -0.1) is 0 Å². The summed E-state index contributed by atoms with van der Waals surface area (Å²) in [7, 11) is 1.64. The highest BCUT2D eigenvalue weighted by molar-refractivity contribution is 5.96. The maximum absolute atomic E-state index is 13.2. The molecule has 158 valence electrons. The van der Waals surface area contributed by atoms with Crippen molar-refractivity contribution in [2.45, 2.75) is 52.5 Å². The number of carbonyl (C=O) groups is 1. The van der Waals surface area contributed by atoms with Crippen LogP contribution in [0.3, 0.4) is 0 Å². The first-order chi connectivity index (χ1) is 14.4. The van der Waals surface area contributed by atoms with Crippen molar-refractivity contribution in [1.82, 2.24) is 20.0 Å². The highest BCUT2D eigenvalue weighted by Gasteiger charge is 2.32. The van der Waals surface area contributed by atoms with Gasteiger partial charge in [0.1, 0.15) is 11.8 Å². The monoisotopic (exact) mass is 408 g/mol. The smallest absolute Gasteiger partial charge is 0.253 e. The summed E-state index contributed by atoms with van der Waals surface area (Å²) >= 11 is 0. The lowest BCUT2D eigenvalue weighted by Crippen LogP contribution is -2.32. The molecular weight excluding hydrogens is 380 g/mol. The van der Waals surface area contributed by atoms with Crippen molar-refractivity contribution < 1.29 is 14.1 Å². The second-order valence-corrected chi connectivity index (χ2v) is 8.28. The fourth-order valence-electron chi connectivity index (χ4n) is 3.73. The van der Waals surface area contributed by atoms with Crippen LogP contribution < -0.4 is 10.1 Å². The van der Waals surface area contributed by atoms with E-state index in [0.717, 1.165) is 41.5 Å². The number of nitrogens with zero attached hydrogens (tertiary/aromatic N) is 3. The van der Waals surface area contributed by atoms with Gasteiger partial charge < -0.3 is 19.1 Å². The molecule has 0 aliphatic heterocycles. The first-order valence-electron chi connectivity index (χ1n) is 10.4. The number of ether oxygens (including phenoxy) is 1. The Kier molecular flexibility index (Phi) is 5.37. The van der Waals surface area contributed by atoms with Crippen molar-refractivity contribution in [3.8, 4) is 11.4 Å². The maximum atomic E-state index is 13.2. The van der Waals surface area contributed by atoms with Crippen molar-refractivity contribution in [2.24, 2.45) is 5.92 Å². The molecule has 7 heteroatoms. The van der Waals surface area contributed by atoms with Gasteiger partial charge in [0, 0.05) is 23.0 Å². The van der Waals surface area contributed by atoms with Crippen molar-refractivity contribution in [3.05, 3.63) is 59.0 Å². The fourth-order valence-corrected chi connectivity index (χ4v) is 3.73. The lowest BCUT2D eigenvalue weighted by Gasteiger charge is -2.18. The van der Waals surface area contributed by atoms with Gasteiger partial charge in [-0.2, -0.15) is 4.98 Å². The lowest BCUT2D eigenvalue weighted by atomic mass is 10.0. The Balaban J connectivity index is 1.58. The molecule has 1 aromatic carbocycles. The van der Waals surface area contributed by atoms with Gasteiger partial charge in [-0.3, -0.25) is 4.79 Å². The van der Waals surface area contributed by atoms with Crippen molar-refractivity contribution in [1.29, 1.82) is 0 Å². The number of benzene rings is 1.